The first kappa shape index (κ1) is 18.4. The number of hydrogen-bond acceptors (Lipinski definition) is 4. The van der Waals surface area contributed by atoms with Crippen LogP contribution in [-0.4, -0.2) is 37.2 Å². The van der Waals surface area contributed by atoms with E-state index in [1.807, 2.05) is 0 Å². The van der Waals surface area contributed by atoms with Crippen LogP contribution in [0.1, 0.15) is 12.5 Å². The molecule has 132 valence electrons. The molecular formula is C18H19F2N3O2. The maximum Gasteiger partial charge on any atom is 0.259 e. The molecule has 0 bridgehead atoms. The van der Waals surface area contributed by atoms with Gasteiger partial charge in [-0.2, -0.15) is 5.10 Å². The van der Waals surface area contributed by atoms with Crippen LogP contribution in [0.2, 0.25) is 0 Å². The van der Waals surface area contributed by atoms with Crippen molar-refractivity contribution in [2.24, 2.45) is 5.10 Å². The van der Waals surface area contributed by atoms with Crippen molar-refractivity contribution in [3.8, 4) is 5.75 Å². The van der Waals surface area contributed by atoms with Gasteiger partial charge in [0.1, 0.15) is 11.6 Å². The molecule has 0 saturated carbocycles. The molecule has 0 spiro atoms. The number of amides is 1. The van der Waals surface area contributed by atoms with Crippen LogP contribution in [0, 0.1) is 11.6 Å². The number of hydrogen-bond donors (Lipinski definition) is 1. The van der Waals surface area contributed by atoms with Gasteiger partial charge in [-0.3, -0.25) is 10.2 Å². The van der Waals surface area contributed by atoms with Gasteiger partial charge in [0.25, 0.3) is 5.91 Å². The van der Waals surface area contributed by atoms with Crippen LogP contribution in [0.25, 0.3) is 0 Å². The predicted octanol–water partition coefficient (Wildman–Crippen LogP) is 3.27. The summed E-state index contributed by atoms with van der Waals surface area (Å²) in [7, 11) is 3.32. The number of anilines is 1. The summed E-state index contributed by atoms with van der Waals surface area (Å²) < 4.78 is 31.8. The molecule has 0 heterocycles. The summed E-state index contributed by atoms with van der Waals surface area (Å²) in [5.41, 5.74) is 4.06. The summed E-state index contributed by atoms with van der Waals surface area (Å²) in [5, 5.41) is 4.08. The molecule has 0 saturated heterocycles. The fourth-order valence-electron chi connectivity index (χ4n) is 1.86. The third-order valence-electron chi connectivity index (χ3n) is 3.41. The minimum Gasteiger partial charge on any atom is -0.484 e. The zero-order valence-electron chi connectivity index (χ0n) is 14.2. The topological polar surface area (TPSA) is 53.9 Å². The molecular weight excluding hydrogens is 328 g/mol. The molecule has 7 heteroatoms. The lowest BCUT2D eigenvalue weighted by Crippen LogP contribution is -2.27. The third-order valence-corrected chi connectivity index (χ3v) is 3.41. The van der Waals surface area contributed by atoms with Gasteiger partial charge in [0.05, 0.1) is 11.4 Å². The molecule has 25 heavy (non-hydrogen) atoms. The van der Waals surface area contributed by atoms with E-state index >= 15 is 0 Å². The summed E-state index contributed by atoms with van der Waals surface area (Å²) in [5.74, 6) is -0.936. The first-order valence-corrected chi connectivity index (χ1v) is 7.55. The van der Waals surface area contributed by atoms with E-state index in [2.05, 4.69) is 10.5 Å². The second-order valence-electron chi connectivity index (χ2n) is 5.53. The van der Waals surface area contributed by atoms with Crippen LogP contribution in [-0.2, 0) is 4.79 Å². The molecule has 0 aromatic heterocycles. The van der Waals surface area contributed by atoms with Gasteiger partial charge in [0.15, 0.2) is 12.4 Å². The number of halogens is 2. The van der Waals surface area contributed by atoms with E-state index < -0.39 is 11.6 Å². The lowest BCUT2D eigenvalue weighted by atomic mass is 10.1. The summed E-state index contributed by atoms with van der Waals surface area (Å²) >= 11 is 0. The minimum absolute atomic E-state index is 0.0369. The number of carbonyl (C=O) groups is 1. The fourth-order valence-corrected chi connectivity index (χ4v) is 1.86. The van der Waals surface area contributed by atoms with E-state index in [4.69, 9.17) is 4.74 Å². The Morgan fingerprint density at radius 2 is 1.84 bits per heavy atom. The quantitative estimate of drug-likeness (QED) is 0.645. The number of benzene rings is 2. The van der Waals surface area contributed by atoms with Gasteiger partial charge in [-0.15, -0.1) is 0 Å². The molecule has 0 aliphatic heterocycles. The number of nitrogens with one attached hydrogen (secondary N) is 1. The van der Waals surface area contributed by atoms with Gasteiger partial charge in [-0.1, -0.05) is 0 Å². The molecule has 2 aromatic rings. The van der Waals surface area contributed by atoms with Crippen molar-refractivity contribution in [1.29, 1.82) is 0 Å². The van der Waals surface area contributed by atoms with E-state index in [9.17, 15) is 13.6 Å². The Balaban J connectivity index is 1.99. The smallest absolute Gasteiger partial charge is 0.259 e. The highest BCUT2D eigenvalue weighted by Gasteiger charge is 2.06. The standard InChI is InChI=1S/C18H19F2N3O2/c1-12(21-22-17-9-6-14(19)10-16(17)20)13-4-7-15(8-5-13)25-11-18(24)23(2)3/h4-10,22H,11H2,1-3H3/b21-12-. The van der Waals surface area contributed by atoms with Gasteiger partial charge in [0.2, 0.25) is 0 Å². The minimum atomic E-state index is -0.717. The van der Waals surface area contributed by atoms with Crippen LogP contribution in [0.3, 0.4) is 0 Å². The largest absolute Gasteiger partial charge is 0.484 e. The number of ether oxygens (including phenoxy) is 1. The first-order valence-electron chi connectivity index (χ1n) is 7.55. The summed E-state index contributed by atoms with van der Waals surface area (Å²) in [6.45, 7) is 1.71. The van der Waals surface area contributed by atoms with Crippen molar-refractivity contribution in [3.63, 3.8) is 0 Å². The Bertz CT molecular complexity index is 774. The van der Waals surface area contributed by atoms with Crippen molar-refractivity contribution in [1.82, 2.24) is 4.90 Å². The average molecular weight is 347 g/mol. The molecule has 0 radical (unpaired) electrons. The molecule has 2 rings (SSSR count). The van der Waals surface area contributed by atoms with E-state index in [0.29, 0.717) is 11.5 Å². The fraction of sp³-hybridized carbons (Fsp3) is 0.222. The maximum absolute atomic E-state index is 13.5. The molecule has 0 fully saturated rings. The number of hydrazone groups is 1. The second-order valence-corrected chi connectivity index (χ2v) is 5.53. The predicted molar refractivity (Wildman–Crippen MR) is 92.8 cm³/mol. The van der Waals surface area contributed by atoms with Gasteiger partial charge in [-0.05, 0) is 48.9 Å². The number of carbonyl (C=O) groups excluding carboxylic acids is 1. The van der Waals surface area contributed by atoms with Crippen molar-refractivity contribution < 1.29 is 18.3 Å². The van der Waals surface area contributed by atoms with Crippen LogP contribution in [0.5, 0.6) is 5.75 Å². The molecule has 2 aromatic carbocycles. The van der Waals surface area contributed by atoms with Crippen LogP contribution >= 0.6 is 0 Å². The lowest BCUT2D eigenvalue weighted by Gasteiger charge is -2.11. The average Bonchev–Trinajstić information content (AvgIpc) is 2.59. The third kappa shape index (κ3) is 5.27. The highest BCUT2D eigenvalue weighted by molar-refractivity contribution is 5.99. The van der Waals surface area contributed by atoms with Crippen molar-refractivity contribution >= 4 is 17.3 Å². The SMILES string of the molecule is C/C(=N/Nc1ccc(F)cc1F)c1ccc(OCC(=O)N(C)C)cc1. The maximum atomic E-state index is 13.5. The Morgan fingerprint density at radius 1 is 1.16 bits per heavy atom. The monoisotopic (exact) mass is 347 g/mol. The number of rotatable bonds is 6. The number of likely N-dealkylation sites (N-methyl/N-ethyl adjacent to an activating group) is 1. The van der Waals surface area contributed by atoms with Crippen molar-refractivity contribution in [3.05, 3.63) is 59.7 Å². The number of nitrogens with zero attached hydrogens (tertiary/aromatic N) is 2. The summed E-state index contributed by atoms with van der Waals surface area (Å²) in [6.07, 6.45) is 0. The molecule has 0 aliphatic rings. The zero-order chi connectivity index (χ0) is 18.4. The zero-order valence-corrected chi connectivity index (χ0v) is 14.2. The molecule has 0 aliphatic carbocycles. The Kier molecular flexibility index (Phi) is 6.05. The summed E-state index contributed by atoms with van der Waals surface area (Å²) in [4.78, 5) is 12.9. The normalized spacial score (nSPS) is 11.2. The Morgan fingerprint density at radius 3 is 2.44 bits per heavy atom. The van der Waals surface area contributed by atoms with E-state index in [1.54, 1.807) is 45.3 Å². The van der Waals surface area contributed by atoms with Gasteiger partial charge in [-0.25, -0.2) is 8.78 Å². The molecule has 5 nitrogen and oxygen atoms in total. The molecule has 1 N–H and O–H groups in total. The van der Waals surface area contributed by atoms with Crippen LogP contribution < -0.4 is 10.2 Å². The first-order chi connectivity index (χ1) is 11.9. The van der Waals surface area contributed by atoms with Crippen molar-refractivity contribution in [2.75, 3.05) is 26.1 Å². The highest BCUT2D eigenvalue weighted by Crippen LogP contribution is 2.16. The van der Waals surface area contributed by atoms with Gasteiger partial charge >= 0.3 is 0 Å². The Labute approximate surface area is 144 Å². The summed E-state index contributed by atoms with van der Waals surface area (Å²) in [6, 6.07) is 10.2. The Hall–Kier alpha value is -2.96. The molecule has 0 atom stereocenters. The van der Waals surface area contributed by atoms with E-state index in [1.165, 1.54) is 11.0 Å². The van der Waals surface area contributed by atoms with Crippen molar-refractivity contribution in [2.45, 2.75) is 6.92 Å². The highest BCUT2D eigenvalue weighted by atomic mass is 19.1. The van der Waals surface area contributed by atoms with E-state index in [0.717, 1.165) is 17.7 Å². The molecule has 0 unspecified atom stereocenters. The van der Waals surface area contributed by atoms with E-state index in [-0.39, 0.29) is 18.2 Å². The van der Waals surface area contributed by atoms with Gasteiger partial charge in [0, 0.05) is 20.2 Å². The van der Waals surface area contributed by atoms with Crippen LogP contribution in [0.15, 0.2) is 47.6 Å². The van der Waals surface area contributed by atoms with Crippen LogP contribution in [0.4, 0.5) is 14.5 Å². The van der Waals surface area contributed by atoms with Gasteiger partial charge < -0.3 is 9.64 Å². The lowest BCUT2D eigenvalue weighted by molar-refractivity contribution is -0.130. The second kappa shape index (κ2) is 8.23. The molecule has 1 amide bonds.